The number of halogens is 2. The Balaban J connectivity index is 1.80. The zero-order chi connectivity index (χ0) is 18.4. The van der Waals surface area contributed by atoms with Gasteiger partial charge in [0.05, 0.1) is 0 Å². The van der Waals surface area contributed by atoms with Crippen molar-refractivity contribution < 1.29 is 13.6 Å². The molecule has 2 aromatic rings. The van der Waals surface area contributed by atoms with Gasteiger partial charge in [-0.15, -0.1) is 0 Å². The molecule has 1 N–H and O–H groups in total. The molecule has 134 valence electrons. The lowest BCUT2D eigenvalue weighted by atomic mass is 10.1. The maximum atomic E-state index is 13.1. The van der Waals surface area contributed by atoms with E-state index in [4.69, 9.17) is 0 Å². The van der Waals surface area contributed by atoms with Gasteiger partial charge in [-0.1, -0.05) is 0 Å². The number of aryl methyl sites for hydroxylation is 1. The van der Waals surface area contributed by atoms with Crippen LogP contribution in [0.4, 0.5) is 14.5 Å². The molecule has 0 aliphatic heterocycles. The van der Waals surface area contributed by atoms with Gasteiger partial charge in [0.2, 0.25) is 5.91 Å². The van der Waals surface area contributed by atoms with E-state index in [0.29, 0.717) is 6.54 Å². The zero-order valence-electron chi connectivity index (χ0n) is 14.7. The normalized spacial score (nSPS) is 12.2. The molecule has 0 unspecified atom stereocenters. The molecule has 0 bridgehead atoms. The number of likely N-dealkylation sites (N-methyl/N-ethyl adjacent to an activating group) is 1. The van der Waals surface area contributed by atoms with E-state index in [2.05, 4.69) is 28.2 Å². The van der Waals surface area contributed by atoms with Gasteiger partial charge in [0.15, 0.2) is 11.6 Å². The number of carbonyl (C=O) groups excluding carboxylic acids is 1. The minimum absolute atomic E-state index is 0.227. The molecule has 1 heterocycles. The molecule has 2 rings (SSSR count). The summed E-state index contributed by atoms with van der Waals surface area (Å²) in [6, 6.07) is 7.55. The molecule has 1 aromatic carbocycles. The van der Waals surface area contributed by atoms with Crippen molar-refractivity contribution in [2.45, 2.75) is 32.7 Å². The van der Waals surface area contributed by atoms with Crippen LogP contribution in [0.25, 0.3) is 0 Å². The third kappa shape index (κ3) is 5.90. The number of hydrogen-bond acceptors (Lipinski definition) is 3. The summed E-state index contributed by atoms with van der Waals surface area (Å²) in [6.07, 6.45) is 2.86. The summed E-state index contributed by atoms with van der Waals surface area (Å²) >= 11 is 0. The van der Waals surface area contributed by atoms with Crippen LogP contribution in [0.3, 0.4) is 0 Å². The first-order chi connectivity index (χ1) is 11.8. The molecule has 0 fully saturated rings. The van der Waals surface area contributed by atoms with E-state index in [1.54, 1.807) is 6.20 Å². The second-order valence-corrected chi connectivity index (χ2v) is 6.29. The van der Waals surface area contributed by atoms with Gasteiger partial charge in [-0.3, -0.25) is 9.78 Å². The molecule has 1 amide bonds. The fourth-order valence-electron chi connectivity index (χ4n) is 2.46. The minimum Gasteiger partial charge on any atom is -0.326 e. The summed E-state index contributed by atoms with van der Waals surface area (Å²) in [7, 11) is 1.95. The van der Waals surface area contributed by atoms with Crippen molar-refractivity contribution in [2.24, 2.45) is 0 Å². The largest absolute Gasteiger partial charge is 0.326 e. The summed E-state index contributed by atoms with van der Waals surface area (Å²) in [5.41, 5.74) is 2.44. The van der Waals surface area contributed by atoms with Crippen molar-refractivity contribution in [3.8, 4) is 0 Å². The molecule has 0 saturated carbocycles. The molecule has 0 aliphatic rings. The Bertz CT molecular complexity index is 736. The topological polar surface area (TPSA) is 45.2 Å². The predicted octanol–water partition coefficient (Wildman–Crippen LogP) is 3.56. The summed E-state index contributed by atoms with van der Waals surface area (Å²) in [4.78, 5) is 18.4. The fraction of sp³-hybridized carbons (Fsp3) is 0.368. The van der Waals surface area contributed by atoms with E-state index in [9.17, 15) is 13.6 Å². The van der Waals surface area contributed by atoms with Crippen LogP contribution in [0, 0.1) is 18.6 Å². The number of rotatable bonds is 7. The molecule has 6 heteroatoms. The molecular weight excluding hydrogens is 324 g/mol. The van der Waals surface area contributed by atoms with E-state index >= 15 is 0 Å². The minimum atomic E-state index is -0.978. The van der Waals surface area contributed by atoms with Crippen molar-refractivity contribution in [1.82, 2.24) is 9.88 Å². The summed E-state index contributed by atoms with van der Waals surface area (Å²) in [5, 5.41) is 2.58. The van der Waals surface area contributed by atoms with Gasteiger partial charge in [-0.2, -0.15) is 0 Å². The van der Waals surface area contributed by atoms with Crippen molar-refractivity contribution in [3.63, 3.8) is 0 Å². The first-order valence-electron chi connectivity index (χ1n) is 8.22. The lowest BCUT2D eigenvalue weighted by molar-refractivity contribution is -0.116. The number of nitrogens with one attached hydrogen (secondary N) is 1. The maximum absolute atomic E-state index is 13.1. The van der Waals surface area contributed by atoms with E-state index in [0.717, 1.165) is 24.2 Å². The standard InChI is InChI=1S/C19H23F2N3O/c1-13-6-8-22-16(10-13)11-14(2)24(3)9-7-19(25)23-15-4-5-17(20)18(21)12-15/h4-6,8,10,12,14H,7,9,11H2,1-3H3,(H,23,25)/t14-/m1/s1. The van der Waals surface area contributed by atoms with Gasteiger partial charge in [0.25, 0.3) is 0 Å². The van der Waals surface area contributed by atoms with Gasteiger partial charge in [0, 0.05) is 49.1 Å². The zero-order valence-corrected chi connectivity index (χ0v) is 14.7. The monoisotopic (exact) mass is 347 g/mol. The number of aromatic nitrogens is 1. The van der Waals surface area contributed by atoms with Gasteiger partial charge >= 0.3 is 0 Å². The Kier molecular flexibility index (Phi) is 6.58. The van der Waals surface area contributed by atoms with Crippen LogP contribution < -0.4 is 5.32 Å². The molecule has 0 aliphatic carbocycles. The van der Waals surface area contributed by atoms with Crippen LogP contribution in [-0.2, 0) is 11.2 Å². The average Bonchev–Trinajstić information content (AvgIpc) is 2.56. The van der Waals surface area contributed by atoms with E-state index < -0.39 is 11.6 Å². The SMILES string of the molecule is Cc1ccnc(C[C@@H](C)N(C)CCC(=O)Nc2ccc(F)c(F)c2)c1. The first kappa shape index (κ1) is 19.0. The van der Waals surface area contributed by atoms with Crippen LogP contribution >= 0.6 is 0 Å². The lowest BCUT2D eigenvalue weighted by Gasteiger charge is -2.24. The van der Waals surface area contributed by atoms with Crippen LogP contribution in [0.15, 0.2) is 36.5 Å². The van der Waals surface area contributed by atoms with Crippen molar-refractivity contribution in [1.29, 1.82) is 0 Å². The Hall–Kier alpha value is -2.34. The molecular formula is C19H23F2N3O. The van der Waals surface area contributed by atoms with Gasteiger partial charge < -0.3 is 10.2 Å². The van der Waals surface area contributed by atoms with E-state index in [1.165, 1.54) is 11.6 Å². The second-order valence-electron chi connectivity index (χ2n) is 6.29. The highest BCUT2D eigenvalue weighted by atomic mass is 19.2. The Morgan fingerprint density at radius 2 is 2.00 bits per heavy atom. The molecule has 0 radical (unpaired) electrons. The number of pyridine rings is 1. The van der Waals surface area contributed by atoms with Gasteiger partial charge in [0.1, 0.15) is 0 Å². The molecule has 4 nitrogen and oxygen atoms in total. The summed E-state index contributed by atoms with van der Waals surface area (Å²) in [5.74, 6) is -2.15. The maximum Gasteiger partial charge on any atom is 0.225 e. The van der Waals surface area contributed by atoms with Crippen molar-refractivity contribution in [3.05, 3.63) is 59.4 Å². The number of amides is 1. The van der Waals surface area contributed by atoms with E-state index in [-0.39, 0.29) is 24.1 Å². The summed E-state index contributed by atoms with van der Waals surface area (Å²) < 4.78 is 26.0. The van der Waals surface area contributed by atoms with E-state index in [1.807, 2.05) is 20.0 Å². The third-order valence-corrected chi connectivity index (χ3v) is 4.12. The summed E-state index contributed by atoms with van der Waals surface area (Å²) in [6.45, 7) is 4.67. The van der Waals surface area contributed by atoms with Crippen LogP contribution in [0.1, 0.15) is 24.6 Å². The van der Waals surface area contributed by atoms with Crippen molar-refractivity contribution >= 4 is 11.6 Å². The molecule has 0 saturated heterocycles. The Morgan fingerprint density at radius 3 is 2.68 bits per heavy atom. The molecule has 25 heavy (non-hydrogen) atoms. The quantitative estimate of drug-likeness (QED) is 0.833. The number of anilines is 1. The van der Waals surface area contributed by atoms with Gasteiger partial charge in [-0.25, -0.2) is 8.78 Å². The van der Waals surface area contributed by atoms with Crippen LogP contribution in [0.2, 0.25) is 0 Å². The number of carbonyl (C=O) groups is 1. The van der Waals surface area contributed by atoms with Crippen molar-refractivity contribution in [2.75, 3.05) is 18.9 Å². The molecule has 0 spiro atoms. The van der Waals surface area contributed by atoms with Crippen LogP contribution in [0.5, 0.6) is 0 Å². The number of benzene rings is 1. The molecule has 1 atom stereocenters. The lowest BCUT2D eigenvalue weighted by Crippen LogP contribution is -2.33. The Labute approximate surface area is 146 Å². The predicted molar refractivity (Wildman–Crippen MR) is 94.4 cm³/mol. The molecule has 1 aromatic heterocycles. The highest BCUT2D eigenvalue weighted by molar-refractivity contribution is 5.90. The fourth-order valence-corrected chi connectivity index (χ4v) is 2.46. The van der Waals surface area contributed by atoms with Crippen LogP contribution in [-0.4, -0.2) is 35.4 Å². The first-order valence-corrected chi connectivity index (χ1v) is 8.22. The van der Waals surface area contributed by atoms with Gasteiger partial charge in [-0.05, 0) is 50.7 Å². The highest BCUT2D eigenvalue weighted by Crippen LogP contribution is 2.13. The number of hydrogen-bond donors (Lipinski definition) is 1. The number of nitrogens with zero attached hydrogens (tertiary/aromatic N) is 2. The smallest absolute Gasteiger partial charge is 0.225 e. The average molecular weight is 347 g/mol. The third-order valence-electron chi connectivity index (χ3n) is 4.12. The highest BCUT2D eigenvalue weighted by Gasteiger charge is 2.13. The second kappa shape index (κ2) is 8.67. The Morgan fingerprint density at radius 1 is 1.24 bits per heavy atom.